The quantitative estimate of drug-likeness (QED) is 0.0139. The van der Waals surface area contributed by atoms with Gasteiger partial charge in [-0.2, -0.15) is 0 Å². The second-order valence-corrected chi connectivity index (χ2v) is 34.8. The highest BCUT2D eigenvalue weighted by molar-refractivity contribution is 6.21. The van der Waals surface area contributed by atoms with Crippen molar-refractivity contribution in [3.8, 4) is 34.5 Å². The van der Waals surface area contributed by atoms with Gasteiger partial charge in [0, 0.05) is 16.7 Å². The Morgan fingerprint density at radius 2 is 0.373 bits per heavy atom. The van der Waals surface area contributed by atoms with Crippen LogP contribution in [0.4, 0.5) is 0 Å². The number of rotatable bonds is 72. The molecule has 6 atom stereocenters. The Bertz CT molecular complexity index is 3780. The van der Waals surface area contributed by atoms with Crippen molar-refractivity contribution in [2.45, 2.75) is 385 Å². The average Bonchev–Trinajstić information content (AvgIpc) is 0.657. The Labute approximate surface area is 755 Å². The molecule has 0 amide bonds. The van der Waals surface area contributed by atoms with E-state index in [0.29, 0.717) is 81.0 Å². The van der Waals surface area contributed by atoms with Gasteiger partial charge < -0.3 is 58.0 Å². The number of carbonyl (C=O) groups is 6. The Kier molecular flexibility index (Phi) is 50.6. The zero-order valence-electron chi connectivity index (χ0n) is 77.7. The topological polar surface area (TPSA) is 246 Å². The number of Topliss-reactive ketones (excluding diaryl/α,β-unsaturated/α-hetero) is 3. The lowest BCUT2D eigenvalue weighted by Crippen LogP contribution is -2.91. The molecule has 0 spiro atoms. The van der Waals surface area contributed by atoms with Crippen molar-refractivity contribution in [3.05, 3.63) is 179 Å². The van der Waals surface area contributed by atoms with E-state index in [1.165, 1.54) is 223 Å². The van der Waals surface area contributed by atoms with Gasteiger partial charge in [-0.25, -0.2) is 14.4 Å². The molecule has 0 heterocycles. The summed E-state index contributed by atoms with van der Waals surface area (Å²) in [4.78, 5) is 102. The Hall–Kier alpha value is -8.58. The van der Waals surface area contributed by atoms with Gasteiger partial charge in [0.25, 0.3) is 16.8 Å². The fraction of sp³-hybridized carbons (Fsp3) is 0.611. The maximum absolute atomic E-state index is 18.0. The summed E-state index contributed by atoms with van der Waals surface area (Å²) in [5.74, 6) is -7.27. The summed E-state index contributed by atoms with van der Waals surface area (Å²) >= 11 is 0. The van der Waals surface area contributed by atoms with E-state index >= 15 is 28.8 Å². The average molecular weight is 1740 g/mol. The number of aliphatic hydroxyl groups excluding tert-OH is 3. The van der Waals surface area contributed by atoms with Crippen LogP contribution in [0, 0.1) is 0 Å². The number of benzene rings is 6. The second-order valence-electron chi connectivity index (χ2n) is 34.8. The molecule has 1 fully saturated rings. The fourth-order valence-electron chi connectivity index (χ4n) is 16.8. The molecule has 0 bridgehead atoms. The molecule has 3 N–H and O–H groups in total. The first kappa shape index (κ1) is 104. The van der Waals surface area contributed by atoms with E-state index in [0.717, 1.165) is 212 Å². The minimum Gasteiger partial charge on any atom is -0.494 e. The monoisotopic (exact) mass is 1740 g/mol. The van der Waals surface area contributed by atoms with Gasteiger partial charge in [-0.15, -0.1) is 0 Å². The minimum absolute atomic E-state index is 0.275. The van der Waals surface area contributed by atoms with Crippen LogP contribution >= 0.6 is 0 Å². The number of carbonyl (C=O) groups excluding carboxylic acids is 6. The van der Waals surface area contributed by atoms with Crippen LogP contribution in [0.25, 0.3) is 0 Å². The summed E-state index contributed by atoms with van der Waals surface area (Å²) in [6.07, 6.45) is 41.6. The van der Waals surface area contributed by atoms with E-state index in [2.05, 4.69) is 41.5 Å². The number of unbranched alkanes of at least 4 members (excludes halogenated alkanes) is 42. The number of hydrogen-bond acceptors (Lipinski definition) is 18. The highest BCUT2D eigenvalue weighted by Crippen LogP contribution is 2.57. The van der Waals surface area contributed by atoms with Gasteiger partial charge in [0.15, 0.2) is 0 Å². The molecule has 18 nitrogen and oxygen atoms in total. The summed E-state index contributed by atoms with van der Waals surface area (Å²) < 4.78 is 58.3. The molecule has 0 radical (unpaired) electrons. The second kappa shape index (κ2) is 61.0. The van der Waals surface area contributed by atoms with Gasteiger partial charge in [-0.3, -0.25) is 14.4 Å². The predicted molar refractivity (Wildman–Crippen MR) is 503 cm³/mol. The molecule has 7 rings (SSSR count). The van der Waals surface area contributed by atoms with E-state index in [9.17, 15) is 15.3 Å². The van der Waals surface area contributed by atoms with Gasteiger partial charge in [0.2, 0.25) is 17.3 Å². The van der Waals surface area contributed by atoms with E-state index in [4.69, 9.17) is 42.6 Å². The van der Waals surface area contributed by atoms with Crippen molar-refractivity contribution in [1.29, 1.82) is 0 Å². The summed E-state index contributed by atoms with van der Waals surface area (Å²) in [5, 5.41) is 41.4. The molecule has 0 aliphatic heterocycles. The van der Waals surface area contributed by atoms with Crippen molar-refractivity contribution < 1.29 is 86.7 Å². The smallest absolute Gasteiger partial charge is 0.339 e. The number of ketones is 3. The van der Waals surface area contributed by atoms with Gasteiger partial charge in [0.1, 0.15) is 52.8 Å². The summed E-state index contributed by atoms with van der Waals surface area (Å²) in [7, 11) is 0. The van der Waals surface area contributed by atoms with Crippen molar-refractivity contribution >= 4 is 35.3 Å². The van der Waals surface area contributed by atoms with Gasteiger partial charge in [-0.1, -0.05) is 311 Å². The Balaban J connectivity index is 1.49. The maximum Gasteiger partial charge on any atom is 0.339 e. The molecular weight excluding hydrogens is 1590 g/mol. The van der Waals surface area contributed by atoms with Crippen LogP contribution in [-0.4, -0.2) is 125 Å². The van der Waals surface area contributed by atoms with Crippen molar-refractivity contribution in [2.24, 2.45) is 0 Å². The third-order valence-electron chi connectivity index (χ3n) is 24.5. The first-order chi connectivity index (χ1) is 61.6. The van der Waals surface area contributed by atoms with E-state index in [1.54, 1.807) is 0 Å². The van der Waals surface area contributed by atoms with Crippen LogP contribution < -0.4 is 28.4 Å². The Morgan fingerprint density at radius 1 is 0.214 bits per heavy atom. The zero-order chi connectivity index (χ0) is 90.1. The molecule has 1 saturated carbocycles. The molecule has 1 aliphatic rings. The van der Waals surface area contributed by atoms with Crippen LogP contribution in [-0.2, 0) is 14.2 Å². The molecule has 0 unspecified atom stereocenters. The number of ether oxygens (including phenoxy) is 9. The third kappa shape index (κ3) is 33.5. The molecule has 6 aromatic carbocycles. The largest absolute Gasteiger partial charge is 0.494 e. The molecular formula is C108H156O18. The van der Waals surface area contributed by atoms with Crippen molar-refractivity contribution in [3.63, 3.8) is 0 Å². The van der Waals surface area contributed by atoms with Gasteiger partial charge in [-0.05, 0) is 184 Å². The molecule has 6 aromatic rings. The Morgan fingerprint density at radius 3 is 0.563 bits per heavy atom. The first-order valence-corrected chi connectivity index (χ1v) is 49.3. The molecule has 126 heavy (non-hydrogen) atoms. The normalized spacial score (nSPS) is 17.3. The van der Waals surface area contributed by atoms with Crippen LogP contribution in [0.1, 0.15) is 412 Å². The number of hydrogen-bond donors (Lipinski definition) is 3. The zero-order valence-corrected chi connectivity index (χ0v) is 77.7. The van der Waals surface area contributed by atoms with Gasteiger partial charge in [0.05, 0.1) is 56.3 Å². The van der Waals surface area contributed by atoms with Crippen molar-refractivity contribution in [2.75, 3.05) is 39.6 Å². The standard InChI is InChI=1S/C108H156O18/c1-7-13-19-25-31-37-43-49-79-118-91-67-55-85(56-68-91)98(110)106(124-103(115)88-61-73-94(74-62-88)121-82-52-46-40-34-28-22-16-10-4)101(113)97(109)102(114)107(99(111)86-57-69-92(70-58-86)119-80-50-44-38-32-26-20-14-8-2,125-104(116)89-63-75-95(76-64-89)122-83-53-47-41-35-29-23-17-11-5)108(106,100(112)87-59-71-93(72-60-87)120-81-51-45-39-33-27-21-15-9-3)126-105(117)90-65-77-96(78-66-90)123-84-54-48-42-36-30-24-18-12-6/h55-78,97,101-102,109,113-114H,7-54,79-84H2,1-6H3/t97-,101-,102+,106+,107-,108-. The van der Waals surface area contributed by atoms with Crippen LogP contribution in [0.5, 0.6) is 34.5 Å². The van der Waals surface area contributed by atoms with E-state index in [-0.39, 0.29) is 29.0 Å². The molecule has 1 aliphatic carbocycles. The van der Waals surface area contributed by atoms with Gasteiger partial charge >= 0.3 is 17.9 Å². The van der Waals surface area contributed by atoms with E-state index < -0.39 is 87.1 Å². The first-order valence-electron chi connectivity index (χ1n) is 49.3. The predicted octanol–water partition coefficient (Wildman–Crippen LogP) is 26.6. The van der Waals surface area contributed by atoms with Crippen LogP contribution in [0.2, 0.25) is 0 Å². The summed E-state index contributed by atoms with van der Waals surface area (Å²) in [6, 6.07) is 33.4. The highest BCUT2D eigenvalue weighted by atomic mass is 16.7. The molecule has 0 saturated heterocycles. The molecule has 0 aromatic heterocycles. The lowest BCUT2D eigenvalue weighted by molar-refractivity contribution is -0.293. The fourth-order valence-corrected chi connectivity index (χ4v) is 16.8. The lowest BCUT2D eigenvalue weighted by Gasteiger charge is -2.60. The highest BCUT2D eigenvalue weighted by Gasteiger charge is 2.88. The summed E-state index contributed by atoms with van der Waals surface area (Å²) in [6.45, 7) is 15.1. The van der Waals surface area contributed by atoms with Crippen LogP contribution in [0.3, 0.4) is 0 Å². The lowest BCUT2D eigenvalue weighted by atomic mass is 9.52. The third-order valence-corrected chi connectivity index (χ3v) is 24.5. The summed E-state index contributed by atoms with van der Waals surface area (Å²) in [5.41, 5.74) is -14.7. The molecule has 18 heteroatoms. The number of aliphatic hydroxyl groups is 3. The minimum atomic E-state index is -4.21. The van der Waals surface area contributed by atoms with Crippen molar-refractivity contribution in [1.82, 2.24) is 0 Å². The maximum atomic E-state index is 18.0. The molecule has 696 valence electrons. The SMILES string of the molecule is CCCCCCCCCCOc1ccc(C(=O)O[C@@]2(C(=O)c3ccc(OCCCCCCCCCC)cc3)[C@@](OC(=O)c3ccc(OCCCCCCCCCC)cc3)(C(=O)c3ccc(OCCCCCCCCCC)cc3)[C@@H](O)[C@H](O)[C@@H](O)[C@@]2(OC(=O)c2ccc(OCCCCCCCCCC)cc2)C(=O)c2ccc(OCCCCCCCCCC)cc2)cc1. The van der Waals surface area contributed by atoms with E-state index in [1.807, 2.05) is 0 Å². The van der Waals surface area contributed by atoms with Crippen LogP contribution in [0.15, 0.2) is 146 Å². The number of esters is 3.